The maximum atomic E-state index is 5.74. The van der Waals surface area contributed by atoms with Crippen molar-refractivity contribution in [3.63, 3.8) is 0 Å². The van der Waals surface area contributed by atoms with Crippen LogP contribution in [-0.4, -0.2) is 19.3 Å². The lowest BCUT2D eigenvalue weighted by Crippen LogP contribution is -2.32. The molecule has 1 saturated heterocycles. The summed E-state index contributed by atoms with van der Waals surface area (Å²) in [5, 5.41) is 3.39. The van der Waals surface area contributed by atoms with E-state index in [1.54, 1.807) is 6.08 Å². The molecule has 5 N–H and O–H groups in total. The molecular weight excluding hydrogens is 202 g/mol. The summed E-state index contributed by atoms with van der Waals surface area (Å²) >= 11 is 5.59. The third-order valence-corrected chi connectivity index (χ3v) is 2.35. The molecule has 1 aliphatic heterocycles. The lowest BCUT2D eigenvalue weighted by atomic mass is 10.2. The smallest absolute Gasteiger partial charge is 0.102 e. The first kappa shape index (κ1) is 11.2. The van der Waals surface area contributed by atoms with E-state index in [0.29, 0.717) is 18.5 Å². The van der Waals surface area contributed by atoms with Crippen molar-refractivity contribution >= 4 is 11.6 Å². The third-order valence-electron chi connectivity index (χ3n) is 2.05. The predicted octanol–water partition coefficient (Wildman–Crippen LogP) is 0.594. The summed E-state index contributed by atoms with van der Waals surface area (Å²) in [5.41, 5.74) is 11.9. The Bertz CT molecular complexity index is 253. The Labute approximate surface area is 88.9 Å². The van der Waals surface area contributed by atoms with Gasteiger partial charge in [0.05, 0.1) is 18.5 Å². The van der Waals surface area contributed by atoms with Crippen molar-refractivity contribution in [2.24, 2.45) is 11.5 Å². The van der Waals surface area contributed by atoms with Gasteiger partial charge in [0.1, 0.15) is 5.16 Å². The van der Waals surface area contributed by atoms with E-state index >= 15 is 0 Å². The molecule has 1 heterocycles. The standard InChI is InChI=1S/C9H16ClN3O/c1-6(9(10)12)4-8(11)13-7-2-3-14-5-7/h4,7,13H,2-3,5,11-12H2,1H3/b8-4+,9-6-. The highest BCUT2D eigenvalue weighted by Gasteiger charge is 2.14. The number of allylic oxidation sites excluding steroid dienone is 2. The molecule has 0 spiro atoms. The highest BCUT2D eigenvalue weighted by Crippen LogP contribution is 2.07. The van der Waals surface area contributed by atoms with E-state index in [2.05, 4.69) is 5.32 Å². The van der Waals surface area contributed by atoms with Crippen LogP contribution in [0.4, 0.5) is 0 Å². The van der Waals surface area contributed by atoms with Crippen molar-refractivity contribution in [2.75, 3.05) is 13.2 Å². The van der Waals surface area contributed by atoms with Crippen molar-refractivity contribution in [1.82, 2.24) is 5.32 Å². The molecule has 0 amide bonds. The van der Waals surface area contributed by atoms with Crippen LogP contribution < -0.4 is 16.8 Å². The molecular formula is C9H16ClN3O. The fourth-order valence-corrected chi connectivity index (χ4v) is 1.28. The Kier molecular flexibility index (Phi) is 4.10. The second kappa shape index (κ2) is 5.12. The topological polar surface area (TPSA) is 73.3 Å². The lowest BCUT2D eigenvalue weighted by Gasteiger charge is -2.12. The van der Waals surface area contributed by atoms with E-state index in [9.17, 15) is 0 Å². The molecule has 1 aliphatic rings. The van der Waals surface area contributed by atoms with Crippen LogP contribution >= 0.6 is 11.6 Å². The maximum Gasteiger partial charge on any atom is 0.102 e. The van der Waals surface area contributed by atoms with Gasteiger partial charge in [-0.2, -0.15) is 0 Å². The van der Waals surface area contributed by atoms with E-state index in [-0.39, 0.29) is 5.16 Å². The first-order valence-corrected chi connectivity index (χ1v) is 4.90. The third kappa shape index (κ3) is 3.47. The molecule has 5 heteroatoms. The SMILES string of the molecule is CC(/C=C(\N)NC1CCOC1)=C(/N)Cl. The molecule has 80 valence electrons. The van der Waals surface area contributed by atoms with Gasteiger partial charge in [0.25, 0.3) is 0 Å². The van der Waals surface area contributed by atoms with Crippen LogP contribution in [0.25, 0.3) is 0 Å². The monoisotopic (exact) mass is 217 g/mol. The number of nitrogens with two attached hydrogens (primary N) is 2. The molecule has 4 nitrogen and oxygen atoms in total. The number of nitrogens with one attached hydrogen (secondary N) is 1. The van der Waals surface area contributed by atoms with Crippen LogP contribution in [0.5, 0.6) is 0 Å². The largest absolute Gasteiger partial charge is 0.389 e. The van der Waals surface area contributed by atoms with E-state index in [4.69, 9.17) is 27.8 Å². The molecule has 14 heavy (non-hydrogen) atoms. The molecule has 0 aromatic rings. The van der Waals surface area contributed by atoms with Crippen molar-refractivity contribution in [3.8, 4) is 0 Å². The first-order chi connectivity index (χ1) is 6.59. The highest BCUT2D eigenvalue weighted by molar-refractivity contribution is 6.29. The normalized spacial score (nSPS) is 24.7. The molecule has 1 fully saturated rings. The summed E-state index contributed by atoms with van der Waals surface area (Å²) in [6, 6.07) is 0.301. The van der Waals surface area contributed by atoms with Crippen LogP contribution in [0.1, 0.15) is 13.3 Å². The van der Waals surface area contributed by atoms with Gasteiger partial charge in [-0.05, 0) is 25.0 Å². The van der Waals surface area contributed by atoms with Gasteiger partial charge in [0.2, 0.25) is 0 Å². The minimum Gasteiger partial charge on any atom is -0.389 e. The molecule has 0 bridgehead atoms. The molecule has 1 rings (SSSR count). The summed E-state index contributed by atoms with van der Waals surface area (Å²) in [6.45, 7) is 3.30. The molecule has 0 aliphatic carbocycles. The van der Waals surface area contributed by atoms with E-state index < -0.39 is 0 Å². The van der Waals surface area contributed by atoms with E-state index in [0.717, 1.165) is 18.6 Å². The molecule has 1 unspecified atom stereocenters. The second-order valence-corrected chi connectivity index (χ2v) is 3.74. The fourth-order valence-electron chi connectivity index (χ4n) is 1.23. The van der Waals surface area contributed by atoms with Gasteiger partial charge in [-0.25, -0.2) is 0 Å². The minimum atomic E-state index is 0.262. The summed E-state index contributed by atoms with van der Waals surface area (Å²) < 4.78 is 5.20. The maximum absolute atomic E-state index is 5.74. The summed E-state index contributed by atoms with van der Waals surface area (Å²) in [6.07, 6.45) is 2.70. The van der Waals surface area contributed by atoms with E-state index in [1.807, 2.05) is 6.92 Å². The summed E-state index contributed by atoms with van der Waals surface area (Å²) in [5.74, 6) is 0.571. The fraction of sp³-hybridized carbons (Fsp3) is 0.556. The van der Waals surface area contributed by atoms with Gasteiger partial charge in [-0.1, -0.05) is 11.6 Å². The van der Waals surface area contributed by atoms with Gasteiger partial charge >= 0.3 is 0 Å². The van der Waals surface area contributed by atoms with Crippen LogP contribution in [0.15, 0.2) is 22.6 Å². The van der Waals surface area contributed by atoms with Crippen LogP contribution in [0.2, 0.25) is 0 Å². The molecule has 0 aromatic heterocycles. The molecule has 1 atom stereocenters. The van der Waals surface area contributed by atoms with Gasteiger partial charge in [-0.3, -0.25) is 0 Å². The Hall–Kier alpha value is -0.870. The summed E-state index contributed by atoms with van der Waals surface area (Å²) in [4.78, 5) is 0. The summed E-state index contributed by atoms with van der Waals surface area (Å²) in [7, 11) is 0. The quantitative estimate of drug-likeness (QED) is 0.478. The van der Waals surface area contributed by atoms with E-state index in [1.165, 1.54) is 0 Å². The predicted molar refractivity (Wildman–Crippen MR) is 57.4 cm³/mol. The number of hydrogen-bond donors (Lipinski definition) is 3. The van der Waals surface area contributed by atoms with Crippen molar-refractivity contribution in [2.45, 2.75) is 19.4 Å². The number of rotatable bonds is 3. The van der Waals surface area contributed by atoms with Gasteiger partial charge in [0, 0.05) is 6.61 Å². The Balaban J connectivity index is 2.48. The molecule has 0 saturated carbocycles. The average molecular weight is 218 g/mol. The van der Waals surface area contributed by atoms with Crippen LogP contribution in [-0.2, 0) is 4.74 Å². The Morgan fingerprint density at radius 2 is 2.29 bits per heavy atom. The van der Waals surface area contributed by atoms with Crippen LogP contribution in [0, 0.1) is 0 Å². The van der Waals surface area contributed by atoms with Crippen molar-refractivity contribution in [3.05, 3.63) is 22.6 Å². The second-order valence-electron chi connectivity index (χ2n) is 3.34. The number of ether oxygens (including phenoxy) is 1. The number of hydrogen-bond acceptors (Lipinski definition) is 4. The van der Waals surface area contributed by atoms with Gasteiger partial charge < -0.3 is 21.5 Å². The average Bonchev–Trinajstić information content (AvgIpc) is 2.56. The number of halogens is 1. The zero-order chi connectivity index (χ0) is 10.6. The first-order valence-electron chi connectivity index (χ1n) is 4.53. The molecule has 0 radical (unpaired) electrons. The lowest BCUT2D eigenvalue weighted by molar-refractivity contribution is 0.191. The van der Waals surface area contributed by atoms with Crippen molar-refractivity contribution in [1.29, 1.82) is 0 Å². The minimum absolute atomic E-state index is 0.262. The highest BCUT2D eigenvalue weighted by atomic mass is 35.5. The zero-order valence-corrected chi connectivity index (χ0v) is 8.97. The Morgan fingerprint density at radius 1 is 1.57 bits per heavy atom. The molecule has 0 aromatic carbocycles. The van der Waals surface area contributed by atoms with Crippen molar-refractivity contribution < 1.29 is 4.74 Å². The van der Waals surface area contributed by atoms with Gasteiger partial charge in [0.15, 0.2) is 0 Å². The Morgan fingerprint density at radius 3 is 2.79 bits per heavy atom. The zero-order valence-electron chi connectivity index (χ0n) is 8.22. The van der Waals surface area contributed by atoms with Gasteiger partial charge in [-0.15, -0.1) is 0 Å². The van der Waals surface area contributed by atoms with Crippen LogP contribution in [0.3, 0.4) is 0 Å².